The summed E-state index contributed by atoms with van der Waals surface area (Å²) in [7, 11) is 1.76. The van der Waals surface area contributed by atoms with Crippen LogP contribution in [-0.2, 0) is 12.0 Å². The second-order valence-electron chi connectivity index (χ2n) is 5.57. The van der Waals surface area contributed by atoms with E-state index < -0.39 is 0 Å². The predicted octanol–water partition coefficient (Wildman–Crippen LogP) is 2.44. The summed E-state index contributed by atoms with van der Waals surface area (Å²) in [6.45, 7) is 9.96. The largest absolute Gasteiger partial charge is 0.443 e. The Morgan fingerprint density at radius 3 is 2.63 bits per heavy atom. The van der Waals surface area contributed by atoms with Crippen LogP contribution in [0.3, 0.4) is 0 Å². The molecular weight excluding hydrogens is 240 g/mol. The molecule has 0 saturated carbocycles. The van der Waals surface area contributed by atoms with Crippen LogP contribution in [0.15, 0.2) is 15.6 Å². The number of rotatable bonds is 5. The van der Waals surface area contributed by atoms with Crippen molar-refractivity contribution in [2.45, 2.75) is 52.5 Å². The summed E-state index contributed by atoms with van der Waals surface area (Å²) in [5.41, 5.74) is -0.00764. The number of hydrogen-bond acceptors (Lipinski definition) is 3. The van der Waals surface area contributed by atoms with Crippen LogP contribution in [0.1, 0.15) is 52.2 Å². The fraction of sp³-hybridized carbons (Fsp3) is 0.714. The molecule has 1 aromatic rings. The Hall–Kier alpha value is -1.52. The normalized spacial score (nSPS) is 12.6. The molecule has 0 bridgehead atoms. The van der Waals surface area contributed by atoms with E-state index in [0.717, 1.165) is 24.7 Å². The number of nitrogens with one attached hydrogen (secondary N) is 2. The van der Waals surface area contributed by atoms with Crippen molar-refractivity contribution in [2.24, 2.45) is 4.99 Å². The molecule has 0 saturated heterocycles. The Balaban J connectivity index is 2.45. The van der Waals surface area contributed by atoms with E-state index in [-0.39, 0.29) is 5.41 Å². The standard InChI is InChI=1S/C14H26N4O/c1-6-7-8-16-13(15-5)18-10-12-17-9-11(19-12)14(2,3)4/h9H,6-8,10H2,1-5H3,(H2,15,16,18). The summed E-state index contributed by atoms with van der Waals surface area (Å²) >= 11 is 0. The van der Waals surface area contributed by atoms with Crippen molar-refractivity contribution in [3.8, 4) is 0 Å². The van der Waals surface area contributed by atoms with Crippen LogP contribution >= 0.6 is 0 Å². The molecule has 19 heavy (non-hydrogen) atoms. The van der Waals surface area contributed by atoms with Crippen LogP contribution in [0.5, 0.6) is 0 Å². The lowest BCUT2D eigenvalue weighted by atomic mass is 9.94. The first-order valence-electron chi connectivity index (χ1n) is 6.87. The molecule has 0 aliphatic carbocycles. The van der Waals surface area contributed by atoms with Crippen molar-refractivity contribution in [1.29, 1.82) is 0 Å². The molecule has 1 aromatic heterocycles. The third kappa shape index (κ3) is 5.32. The van der Waals surface area contributed by atoms with Gasteiger partial charge in [0.15, 0.2) is 5.96 Å². The topological polar surface area (TPSA) is 62.5 Å². The van der Waals surface area contributed by atoms with Crippen molar-refractivity contribution in [2.75, 3.05) is 13.6 Å². The van der Waals surface area contributed by atoms with E-state index in [2.05, 4.69) is 48.3 Å². The van der Waals surface area contributed by atoms with Crippen LogP contribution < -0.4 is 10.6 Å². The predicted molar refractivity (Wildman–Crippen MR) is 78.3 cm³/mol. The molecule has 0 unspecified atom stereocenters. The summed E-state index contributed by atoms with van der Waals surface area (Å²) in [5.74, 6) is 2.37. The average molecular weight is 266 g/mol. The van der Waals surface area contributed by atoms with Gasteiger partial charge in [0.05, 0.1) is 12.7 Å². The van der Waals surface area contributed by atoms with Crippen molar-refractivity contribution in [3.63, 3.8) is 0 Å². The maximum atomic E-state index is 5.71. The van der Waals surface area contributed by atoms with Crippen LogP contribution in [0, 0.1) is 0 Å². The van der Waals surface area contributed by atoms with Gasteiger partial charge < -0.3 is 15.1 Å². The van der Waals surface area contributed by atoms with Crippen LogP contribution in [0.4, 0.5) is 0 Å². The number of nitrogens with zero attached hydrogens (tertiary/aromatic N) is 2. The van der Waals surface area contributed by atoms with E-state index in [1.54, 1.807) is 13.2 Å². The lowest BCUT2D eigenvalue weighted by Gasteiger charge is -2.13. The number of aromatic nitrogens is 1. The van der Waals surface area contributed by atoms with E-state index in [1.165, 1.54) is 6.42 Å². The van der Waals surface area contributed by atoms with Crippen molar-refractivity contribution in [1.82, 2.24) is 15.6 Å². The molecule has 1 rings (SSSR count). The molecule has 0 fully saturated rings. The fourth-order valence-electron chi connectivity index (χ4n) is 1.50. The van der Waals surface area contributed by atoms with Crippen molar-refractivity contribution >= 4 is 5.96 Å². The Morgan fingerprint density at radius 2 is 2.11 bits per heavy atom. The highest BCUT2D eigenvalue weighted by atomic mass is 16.4. The first kappa shape index (κ1) is 15.5. The van der Waals surface area contributed by atoms with Gasteiger partial charge in [-0.05, 0) is 6.42 Å². The zero-order valence-electron chi connectivity index (χ0n) is 12.7. The molecular formula is C14H26N4O. The molecule has 0 radical (unpaired) electrons. The van der Waals surface area contributed by atoms with Gasteiger partial charge in [0.1, 0.15) is 5.76 Å². The van der Waals surface area contributed by atoms with Gasteiger partial charge in [-0.15, -0.1) is 0 Å². The quantitative estimate of drug-likeness (QED) is 0.488. The number of aliphatic imine (C=N–C) groups is 1. The van der Waals surface area contributed by atoms with Gasteiger partial charge in [-0.3, -0.25) is 4.99 Å². The molecule has 0 atom stereocenters. The average Bonchev–Trinajstić information content (AvgIpc) is 2.82. The lowest BCUT2D eigenvalue weighted by molar-refractivity contribution is 0.379. The van der Waals surface area contributed by atoms with E-state index in [9.17, 15) is 0 Å². The maximum absolute atomic E-state index is 5.71. The first-order chi connectivity index (χ1) is 8.97. The second kappa shape index (κ2) is 7.16. The minimum atomic E-state index is -0.00764. The Kier molecular flexibility index (Phi) is 5.86. The summed E-state index contributed by atoms with van der Waals surface area (Å²) in [6, 6.07) is 0. The van der Waals surface area contributed by atoms with Gasteiger partial charge in [-0.2, -0.15) is 0 Å². The van der Waals surface area contributed by atoms with Gasteiger partial charge in [-0.25, -0.2) is 4.98 Å². The highest BCUT2D eigenvalue weighted by molar-refractivity contribution is 5.79. The summed E-state index contributed by atoms with van der Waals surface area (Å²) in [6.07, 6.45) is 4.09. The molecule has 0 aliphatic heterocycles. The van der Waals surface area contributed by atoms with E-state index in [1.807, 2.05) is 0 Å². The van der Waals surface area contributed by atoms with E-state index in [4.69, 9.17) is 4.42 Å². The summed E-state index contributed by atoms with van der Waals surface area (Å²) in [4.78, 5) is 8.43. The van der Waals surface area contributed by atoms with E-state index in [0.29, 0.717) is 12.4 Å². The smallest absolute Gasteiger partial charge is 0.213 e. The number of hydrogen-bond donors (Lipinski definition) is 2. The number of oxazole rings is 1. The highest BCUT2D eigenvalue weighted by Gasteiger charge is 2.19. The highest BCUT2D eigenvalue weighted by Crippen LogP contribution is 2.22. The first-order valence-corrected chi connectivity index (χ1v) is 6.87. The van der Waals surface area contributed by atoms with Crippen molar-refractivity contribution in [3.05, 3.63) is 17.8 Å². The van der Waals surface area contributed by atoms with Crippen molar-refractivity contribution < 1.29 is 4.42 Å². The Bertz CT molecular complexity index is 404. The van der Waals surface area contributed by atoms with Gasteiger partial charge >= 0.3 is 0 Å². The summed E-state index contributed by atoms with van der Waals surface area (Å²) < 4.78 is 5.71. The third-order valence-corrected chi connectivity index (χ3v) is 2.75. The van der Waals surface area contributed by atoms with Gasteiger partial charge in [-0.1, -0.05) is 34.1 Å². The summed E-state index contributed by atoms with van der Waals surface area (Å²) in [5, 5.41) is 6.44. The van der Waals surface area contributed by atoms with Crippen LogP contribution in [0.2, 0.25) is 0 Å². The molecule has 5 nitrogen and oxygen atoms in total. The third-order valence-electron chi connectivity index (χ3n) is 2.75. The van der Waals surface area contributed by atoms with E-state index >= 15 is 0 Å². The molecule has 1 heterocycles. The molecule has 2 N–H and O–H groups in total. The van der Waals surface area contributed by atoms with Crippen LogP contribution in [0.25, 0.3) is 0 Å². The molecule has 0 spiro atoms. The number of guanidine groups is 1. The van der Waals surface area contributed by atoms with Crippen LogP contribution in [-0.4, -0.2) is 24.5 Å². The minimum Gasteiger partial charge on any atom is -0.443 e. The molecule has 108 valence electrons. The molecule has 0 aliphatic rings. The zero-order chi connectivity index (χ0) is 14.3. The SMILES string of the molecule is CCCCNC(=NC)NCc1ncc(C(C)(C)C)o1. The monoisotopic (exact) mass is 266 g/mol. The zero-order valence-corrected chi connectivity index (χ0v) is 12.7. The fourth-order valence-corrected chi connectivity index (χ4v) is 1.50. The Morgan fingerprint density at radius 1 is 1.37 bits per heavy atom. The lowest BCUT2D eigenvalue weighted by Crippen LogP contribution is -2.37. The molecule has 0 aromatic carbocycles. The molecule has 5 heteroatoms. The maximum Gasteiger partial charge on any atom is 0.213 e. The van der Waals surface area contributed by atoms with Gasteiger partial charge in [0, 0.05) is 19.0 Å². The Labute approximate surface area is 115 Å². The van der Waals surface area contributed by atoms with Gasteiger partial charge in [0.25, 0.3) is 0 Å². The second-order valence-corrected chi connectivity index (χ2v) is 5.57. The minimum absolute atomic E-state index is 0.00764. The van der Waals surface area contributed by atoms with Gasteiger partial charge in [0.2, 0.25) is 5.89 Å². The number of unbranched alkanes of at least 4 members (excludes halogenated alkanes) is 1. The molecule has 0 amide bonds.